The van der Waals surface area contributed by atoms with Crippen LogP contribution in [0.25, 0.3) is 0 Å². The summed E-state index contributed by atoms with van der Waals surface area (Å²) in [4.78, 5) is 0.299. The standard InChI is InChI=1S/C14H23NO3S/c1-4-13(15)14(2,9-10-16)11-5-7-12(8-6-11)19(3,17)18/h5-8,13,16H,4,9-10,15H2,1-3H3. The van der Waals surface area contributed by atoms with Gasteiger partial charge in [0, 0.05) is 24.3 Å². The van der Waals surface area contributed by atoms with Crippen molar-refractivity contribution in [2.24, 2.45) is 5.73 Å². The molecule has 0 spiro atoms. The molecule has 0 aliphatic heterocycles. The molecule has 0 heterocycles. The quantitative estimate of drug-likeness (QED) is 0.829. The second kappa shape index (κ2) is 6.03. The van der Waals surface area contributed by atoms with Crippen LogP contribution in [0.5, 0.6) is 0 Å². The zero-order valence-corrected chi connectivity index (χ0v) is 12.6. The van der Waals surface area contributed by atoms with E-state index in [1.54, 1.807) is 24.3 Å². The Bertz CT molecular complexity index is 510. The lowest BCUT2D eigenvalue weighted by Crippen LogP contribution is -2.43. The highest BCUT2D eigenvalue weighted by atomic mass is 32.2. The lowest BCUT2D eigenvalue weighted by molar-refractivity contribution is 0.223. The highest BCUT2D eigenvalue weighted by Crippen LogP contribution is 2.32. The molecule has 0 aliphatic rings. The maximum Gasteiger partial charge on any atom is 0.175 e. The molecule has 3 N–H and O–H groups in total. The Morgan fingerprint density at radius 1 is 1.32 bits per heavy atom. The van der Waals surface area contributed by atoms with Crippen molar-refractivity contribution in [2.75, 3.05) is 12.9 Å². The number of sulfone groups is 1. The average molecular weight is 285 g/mol. The molecular formula is C14H23NO3S. The van der Waals surface area contributed by atoms with E-state index in [-0.39, 0.29) is 18.1 Å². The van der Waals surface area contributed by atoms with Gasteiger partial charge < -0.3 is 10.8 Å². The van der Waals surface area contributed by atoms with Crippen LogP contribution in [-0.4, -0.2) is 32.4 Å². The van der Waals surface area contributed by atoms with Gasteiger partial charge in [0.25, 0.3) is 0 Å². The maximum atomic E-state index is 11.4. The molecule has 1 aromatic rings. The van der Waals surface area contributed by atoms with Gasteiger partial charge >= 0.3 is 0 Å². The van der Waals surface area contributed by atoms with Crippen LogP contribution < -0.4 is 5.73 Å². The molecule has 2 atom stereocenters. The minimum Gasteiger partial charge on any atom is -0.396 e. The number of hydrogen-bond acceptors (Lipinski definition) is 4. The molecule has 0 fully saturated rings. The molecule has 19 heavy (non-hydrogen) atoms. The SMILES string of the molecule is CCC(N)C(C)(CCO)c1ccc(S(C)(=O)=O)cc1. The summed E-state index contributed by atoms with van der Waals surface area (Å²) in [6, 6.07) is 6.71. The summed E-state index contributed by atoms with van der Waals surface area (Å²) in [5.74, 6) is 0. The van der Waals surface area contributed by atoms with Gasteiger partial charge in [-0.1, -0.05) is 26.0 Å². The molecule has 1 rings (SSSR count). The third-order valence-electron chi connectivity index (χ3n) is 3.83. The van der Waals surface area contributed by atoms with Gasteiger partial charge in [-0.25, -0.2) is 8.42 Å². The van der Waals surface area contributed by atoms with E-state index in [4.69, 9.17) is 5.73 Å². The molecule has 4 nitrogen and oxygen atoms in total. The molecule has 108 valence electrons. The van der Waals surface area contributed by atoms with Crippen LogP contribution in [0.3, 0.4) is 0 Å². The van der Waals surface area contributed by atoms with Gasteiger partial charge in [-0.3, -0.25) is 0 Å². The number of rotatable bonds is 6. The zero-order chi connectivity index (χ0) is 14.7. The Morgan fingerprint density at radius 3 is 2.21 bits per heavy atom. The van der Waals surface area contributed by atoms with E-state index in [0.717, 1.165) is 12.0 Å². The molecule has 0 saturated carbocycles. The first-order chi connectivity index (χ1) is 8.75. The van der Waals surface area contributed by atoms with Crippen LogP contribution >= 0.6 is 0 Å². The van der Waals surface area contributed by atoms with Crippen LogP contribution in [0, 0.1) is 0 Å². The first-order valence-electron chi connectivity index (χ1n) is 6.42. The zero-order valence-electron chi connectivity index (χ0n) is 11.8. The Morgan fingerprint density at radius 2 is 1.84 bits per heavy atom. The molecule has 2 unspecified atom stereocenters. The van der Waals surface area contributed by atoms with Crippen molar-refractivity contribution in [2.45, 2.75) is 43.0 Å². The fourth-order valence-electron chi connectivity index (χ4n) is 2.31. The van der Waals surface area contributed by atoms with Gasteiger partial charge in [0.15, 0.2) is 9.84 Å². The molecule has 0 aromatic heterocycles. The summed E-state index contributed by atoms with van der Waals surface area (Å²) in [7, 11) is -3.18. The number of benzene rings is 1. The Kier molecular flexibility index (Phi) is 5.12. The van der Waals surface area contributed by atoms with E-state index in [0.29, 0.717) is 11.3 Å². The minimum absolute atomic E-state index is 0.0536. The Labute approximate surface area is 115 Å². The van der Waals surface area contributed by atoms with E-state index in [1.165, 1.54) is 6.26 Å². The molecule has 0 radical (unpaired) electrons. The van der Waals surface area contributed by atoms with Crippen molar-refractivity contribution in [3.05, 3.63) is 29.8 Å². The third kappa shape index (κ3) is 3.55. The summed E-state index contributed by atoms with van der Waals surface area (Å²) in [5, 5.41) is 9.24. The predicted molar refractivity (Wildman–Crippen MR) is 76.9 cm³/mol. The molecule has 5 heteroatoms. The topological polar surface area (TPSA) is 80.4 Å². The van der Waals surface area contributed by atoms with Gasteiger partial charge in [0.05, 0.1) is 4.90 Å². The molecule has 0 amide bonds. The number of aliphatic hydroxyl groups is 1. The number of hydrogen-bond donors (Lipinski definition) is 2. The van der Waals surface area contributed by atoms with Crippen LogP contribution in [-0.2, 0) is 15.3 Å². The lowest BCUT2D eigenvalue weighted by atomic mass is 9.73. The fourth-order valence-corrected chi connectivity index (χ4v) is 2.94. The van der Waals surface area contributed by atoms with Crippen molar-refractivity contribution in [1.82, 2.24) is 0 Å². The van der Waals surface area contributed by atoms with Gasteiger partial charge in [-0.15, -0.1) is 0 Å². The average Bonchev–Trinajstić information content (AvgIpc) is 2.37. The van der Waals surface area contributed by atoms with Crippen molar-refractivity contribution in [1.29, 1.82) is 0 Å². The predicted octanol–water partition coefficient (Wildman–Crippen LogP) is 1.47. The largest absolute Gasteiger partial charge is 0.396 e. The van der Waals surface area contributed by atoms with Crippen molar-refractivity contribution < 1.29 is 13.5 Å². The molecular weight excluding hydrogens is 262 g/mol. The van der Waals surface area contributed by atoms with E-state index < -0.39 is 9.84 Å². The van der Waals surface area contributed by atoms with Gasteiger partial charge in [-0.05, 0) is 30.5 Å². The minimum atomic E-state index is -3.18. The molecule has 0 aliphatic carbocycles. The van der Waals surface area contributed by atoms with E-state index in [2.05, 4.69) is 0 Å². The van der Waals surface area contributed by atoms with Crippen LogP contribution in [0.4, 0.5) is 0 Å². The Hall–Kier alpha value is -0.910. The van der Waals surface area contributed by atoms with Gasteiger partial charge in [0.2, 0.25) is 0 Å². The van der Waals surface area contributed by atoms with E-state index in [1.807, 2.05) is 13.8 Å². The molecule has 0 saturated heterocycles. The first kappa shape index (κ1) is 16.1. The highest BCUT2D eigenvalue weighted by molar-refractivity contribution is 7.90. The van der Waals surface area contributed by atoms with Crippen molar-refractivity contribution >= 4 is 9.84 Å². The van der Waals surface area contributed by atoms with Crippen molar-refractivity contribution in [3.8, 4) is 0 Å². The van der Waals surface area contributed by atoms with Crippen LogP contribution in [0.1, 0.15) is 32.3 Å². The summed E-state index contributed by atoms with van der Waals surface area (Å²) >= 11 is 0. The van der Waals surface area contributed by atoms with Gasteiger partial charge in [0.1, 0.15) is 0 Å². The third-order valence-corrected chi connectivity index (χ3v) is 4.96. The smallest absolute Gasteiger partial charge is 0.175 e. The molecule has 1 aromatic carbocycles. The highest BCUT2D eigenvalue weighted by Gasteiger charge is 2.32. The number of aliphatic hydroxyl groups excluding tert-OH is 1. The second-order valence-electron chi connectivity index (χ2n) is 5.20. The van der Waals surface area contributed by atoms with Crippen molar-refractivity contribution in [3.63, 3.8) is 0 Å². The number of nitrogens with two attached hydrogens (primary N) is 1. The monoisotopic (exact) mass is 285 g/mol. The molecule has 0 bridgehead atoms. The summed E-state index contributed by atoms with van der Waals surface area (Å²) in [6.07, 6.45) is 2.54. The van der Waals surface area contributed by atoms with E-state index >= 15 is 0 Å². The summed E-state index contributed by atoms with van der Waals surface area (Å²) in [6.45, 7) is 4.07. The normalized spacial score (nSPS) is 16.9. The first-order valence-corrected chi connectivity index (χ1v) is 8.32. The Balaban J connectivity index is 3.18. The van der Waals surface area contributed by atoms with Crippen LogP contribution in [0.15, 0.2) is 29.2 Å². The fraction of sp³-hybridized carbons (Fsp3) is 0.571. The lowest BCUT2D eigenvalue weighted by Gasteiger charge is -2.35. The maximum absolute atomic E-state index is 11.4. The van der Waals surface area contributed by atoms with E-state index in [9.17, 15) is 13.5 Å². The summed E-state index contributed by atoms with van der Waals surface area (Å²) in [5.41, 5.74) is 6.78. The summed E-state index contributed by atoms with van der Waals surface area (Å²) < 4.78 is 22.9. The van der Waals surface area contributed by atoms with Gasteiger partial charge in [-0.2, -0.15) is 0 Å². The van der Waals surface area contributed by atoms with Crippen LogP contribution in [0.2, 0.25) is 0 Å². The second-order valence-corrected chi connectivity index (χ2v) is 7.22.